The lowest BCUT2D eigenvalue weighted by Gasteiger charge is -2.44. The Hall–Kier alpha value is -2.13. The number of hydrogen-bond acceptors (Lipinski definition) is 10. The van der Waals surface area contributed by atoms with Crippen LogP contribution >= 0.6 is 0 Å². The van der Waals surface area contributed by atoms with Crippen LogP contribution in [-0.4, -0.2) is 82.8 Å². The Morgan fingerprint density at radius 2 is 1.90 bits per heavy atom. The third-order valence-corrected chi connectivity index (χ3v) is 6.00. The van der Waals surface area contributed by atoms with Gasteiger partial charge in [-0.1, -0.05) is 18.2 Å². The first-order valence-electron chi connectivity index (χ1n) is 9.25. The van der Waals surface area contributed by atoms with Gasteiger partial charge in [0, 0.05) is 19.8 Å². The zero-order chi connectivity index (χ0) is 23.4. The molecule has 0 saturated carbocycles. The summed E-state index contributed by atoms with van der Waals surface area (Å²) in [5, 5.41) is 52.2. The lowest BCUT2D eigenvalue weighted by Crippen LogP contribution is -2.61. The molecule has 1 saturated heterocycles. The highest BCUT2D eigenvalue weighted by Gasteiger charge is 2.53. The number of aliphatic carboxylic acids is 1. The molecule has 1 fully saturated rings. The minimum atomic E-state index is -4.19. The van der Waals surface area contributed by atoms with E-state index in [9.17, 15) is 43.5 Å². The van der Waals surface area contributed by atoms with Crippen LogP contribution in [0, 0.1) is 5.92 Å². The normalized spacial score (nSPS) is 28.5. The Labute approximate surface area is 178 Å². The second-order valence-corrected chi connectivity index (χ2v) is 8.80. The summed E-state index contributed by atoms with van der Waals surface area (Å²) in [6.45, 7) is 0.348. The maximum atomic E-state index is 12.2. The maximum Gasteiger partial charge on any atom is 0.364 e. The molecule has 0 spiro atoms. The average Bonchev–Trinajstić information content (AvgIpc) is 2.66. The van der Waals surface area contributed by atoms with Crippen LogP contribution in [0.4, 0.5) is 0 Å². The molecular formula is C18H25NO11S. The molecular weight excluding hydrogens is 438 g/mol. The molecule has 31 heavy (non-hydrogen) atoms. The second-order valence-electron chi connectivity index (χ2n) is 7.18. The van der Waals surface area contributed by atoms with Gasteiger partial charge in [-0.25, -0.2) is 4.79 Å². The van der Waals surface area contributed by atoms with Crippen molar-refractivity contribution in [2.45, 2.75) is 55.0 Å². The zero-order valence-electron chi connectivity index (χ0n) is 16.5. The van der Waals surface area contributed by atoms with Gasteiger partial charge in [-0.3, -0.25) is 8.98 Å². The standard InChI is InChI=1S/C18H25NO11S/c1-10(20)19-16(23)15-13(22)8-18(26,17(24)25)30-14(15)7-11(21)9-29-31(27,28)12-5-3-2-4-6-12/h2-6,11,13-16,21-23,26H,7-9H2,1H3,(H,19,20)(H,24,25)/t11-,13?,14?,15?,16-,18?/m0/s1. The Morgan fingerprint density at radius 3 is 2.45 bits per heavy atom. The summed E-state index contributed by atoms with van der Waals surface area (Å²) in [7, 11) is -4.19. The van der Waals surface area contributed by atoms with Gasteiger partial charge in [-0.2, -0.15) is 8.42 Å². The van der Waals surface area contributed by atoms with Gasteiger partial charge in [0.25, 0.3) is 15.9 Å². The van der Waals surface area contributed by atoms with E-state index >= 15 is 0 Å². The largest absolute Gasteiger partial charge is 0.477 e. The fraction of sp³-hybridized carbons (Fsp3) is 0.556. The Kier molecular flexibility index (Phi) is 8.10. The Bertz CT molecular complexity index is 878. The van der Waals surface area contributed by atoms with Crippen LogP contribution < -0.4 is 5.32 Å². The van der Waals surface area contributed by atoms with Crippen molar-refractivity contribution >= 4 is 22.0 Å². The molecule has 2 rings (SSSR count). The van der Waals surface area contributed by atoms with Crippen LogP contribution in [0.5, 0.6) is 0 Å². The number of hydrogen-bond donors (Lipinski definition) is 6. The third kappa shape index (κ3) is 6.43. The van der Waals surface area contributed by atoms with E-state index in [1.54, 1.807) is 6.07 Å². The molecule has 1 aliphatic heterocycles. The van der Waals surface area contributed by atoms with Gasteiger partial charge in [0.1, 0.15) is 6.23 Å². The number of carbonyl (C=O) groups excluding carboxylic acids is 1. The molecule has 0 bridgehead atoms. The number of ether oxygens (including phenoxy) is 1. The van der Waals surface area contributed by atoms with Gasteiger partial charge >= 0.3 is 5.97 Å². The molecule has 0 aliphatic carbocycles. The molecule has 12 nitrogen and oxygen atoms in total. The van der Waals surface area contributed by atoms with Crippen molar-refractivity contribution in [1.82, 2.24) is 5.32 Å². The summed E-state index contributed by atoms with van der Waals surface area (Å²) in [6.07, 6.45) is -7.71. The van der Waals surface area contributed by atoms with E-state index in [4.69, 9.17) is 8.92 Å². The maximum absolute atomic E-state index is 12.2. The zero-order valence-corrected chi connectivity index (χ0v) is 17.3. The summed E-state index contributed by atoms with van der Waals surface area (Å²) >= 11 is 0. The van der Waals surface area contributed by atoms with Gasteiger partial charge in [-0.05, 0) is 12.1 Å². The quantitative estimate of drug-likeness (QED) is 0.177. The van der Waals surface area contributed by atoms with Gasteiger partial charge in [-0.15, -0.1) is 0 Å². The lowest BCUT2D eigenvalue weighted by atomic mass is 9.83. The molecule has 13 heteroatoms. The minimum absolute atomic E-state index is 0.147. The minimum Gasteiger partial charge on any atom is -0.477 e. The smallest absolute Gasteiger partial charge is 0.364 e. The molecule has 6 N–H and O–H groups in total. The molecule has 0 radical (unpaired) electrons. The summed E-state index contributed by atoms with van der Waals surface area (Å²) in [4.78, 5) is 22.4. The second kappa shape index (κ2) is 9.99. The number of carboxylic acids is 1. The molecule has 174 valence electrons. The average molecular weight is 463 g/mol. The van der Waals surface area contributed by atoms with Gasteiger partial charge in [0.15, 0.2) is 0 Å². The van der Waals surface area contributed by atoms with E-state index in [-0.39, 0.29) is 4.90 Å². The van der Waals surface area contributed by atoms with Crippen molar-refractivity contribution in [2.24, 2.45) is 5.92 Å². The van der Waals surface area contributed by atoms with E-state index in [1.165, 1.54) is 24.3 Å². The number of benzene rings is 1. The van der Waals surface area contributed by atoms with Gasteiger partial charge in [0.2, 0.25) is 5.91 Å². The highest BCUT2D eigenvalue weighted by molar-refractivity contribution is 7.86. The molecule has 1 heterocycles. The fourth-order valence-electron chi connectivity index (χ4n) is 3.27. The van der Waals surface area contributed by atoms with Crippen LogP contribution in [0.25, 0.3) is 0 Å². The van der Waals surface area contributed by atoms with E-state index in [0.29, 0.717) is 0 Å². The lowest BCUT2D eigenvalue weighted by molar-refractivity contribution is -0.297. The van der Waals surface area contributed by atoms with Crippen molar-refractivity contribution in [1.29, 1.82) is 0 Å². The summed E-state index contributed by atoms with van der Waals surface area (Å²) < 4.78 is 34.2. The predicted octanol–water partition coefficient (Wildman–Crippen LogP) is -1.86. The molecule has 1 aliphatic rings. The predicted molar refractivity (Wildman–Crippen MR) is 102 cm³/mol. The summed E-state index contributed by atoms with van der Waals surface area (Å²) in [6, 6.07) is 7.13. The van der Waals surface area contributed by atoms with Crippen LogP contribution in [0.2, 0.25) is 0 Å². The van der Waals surface area contributed by atoms with Crippen molar-refractivity contribution < 1.29 is 52.5 Å². The number of carbonyl (C=O) groups is 2. The van der Waals surface area contributed by atoms with Crippen LogP contribution in [0.1, 0.15) is 19.8 Å². The fourth-order valence-corrected chi connectivity index (χ4v) is 4.23. The number of amides is 1. The van der Waals surface area contributed by atoms with Crippen molar-refractivity contribution in [3.05, 3.63) is 30.3 Å². The first-order chi connectivity index (χ1) is 14.4. The van der Waals surface area contributed by atoms with E-state index in [2.05, 4.69) is 5.32 Å². The van der Waals surface area contributed by atoms with Crippen LogP contribution in [-0.2, 0) is 28.6 Å². The first-order valence-corrected chi connectivity index (χ1v) is 10.7. The number of carboxylic acid groups (broad SMARTS) is 1. The molecule has 1 amide bonds. The third-order valence-electron chi connectivity index (χ3n) is 4.71. The monoisotopic (exact) mass is 463 g/mol. The number of aliphatic hydroxyl groups is 4. The van der Waals surface area contributed by atoms with Crippen molar-refractivity contribution in [2.75, 3.05) is 6.61 Å². The molecule has 4 unspecified atom stereocenters. The SMILES string of the molecule is CC(=O)N[C@@H](O)C1C(O)CC(O)(C(=O)O)OC1C[C@H](O)COS(=O)(=O)c1ccccc1. The Balaban J connectivity index is 2.14. The van der Waals surface area contributed by atoms with Crippen LogP contribution in [0.3, 0.4) is 0 Å². The van der Waals surface area contributed by atoms with E-state index in [0.717, 1.165) is 6.92 Å². The van der Waals surface area contributed by atoms with Crippen molar-refractivity contribution in [3.8, 4) is 0 Å². The molecule has 1 aromatic rings. The number of rotatable bonds is 9. The van der Waals surface area contributed by atoms with Crippen LogP contribution in [0.15, 0.2) is 35.2 Å². The number of aliphatic hydroxyl groups excluding tert-OH is 3. The van der Waals surface area contributed by atoms with Crippen molar-refractivity contribution in [3.63, 3.8) is 0 Å². The first kappa shape index (κ1) is 25.1. The molecule has 6 atom stereocenters. The van der Waals surface area contributed by atoms with E-state index in [1.807, 2.05) is 0 Å². The summed E-state index contributed by atoms with van der Waals surface area (Å²) in [5.74, 6) is -6.60. The summed E-state index contributed by atoms with van der Waals surface area (Å²) in [5.41, 5.74) is 0. The number of nitrogens with one attached hydrogen (secondary N) is 1. The molecule has 1 aromatic carbocycles. The highest BCUT2D eigenvalue weighted by atomic mass is 32.2. The topological polar surface area (TPSA) is 200 Å². The van der Waals surface area contributed by atoms with Gasteiger partial charge in [0.05, 0.1) is 35.7 Å². The highest BCUT2D eigenvalue weighted by Crippen LogP contribution is 2.35. The molecule has 0 aromatic heterocycles. The Morgan fingerprint density at radius 1 is 1.29 bits per heavy atom. The van der Waals surface area contributed by atoms with Gasteiger partial charge < -0.3 is 35.6 Å². The van der Waals surface area contributed by atoms with E-state index < -0.39 is 77.7 Å².